The van der Waals surface area contributed by atoms with Gasteiger partial charge < -0.3 is 10.3 Å². The third kappa shape index (κ3) is 2.90. The first kappa shape index (κ1) is 15.9. The SMILES string of the molecule is CC(NC(=O)c1cc(F)ccc1-n1cnnn1)c1nc2ccccc2[nH]1. The van der Waals surface area contributed by atoms with E-state index in [1.54, 1.807) is 6.92 Å². The molecular formula is C17H14FN7O. The number of hydrogen-bond acceptors (Lipinski definition) is 5. The number of hydrogen-bond donors (Lipinski definition) is 2. The largest absolute Gasteiger partial charge is 0.342 e. The van der Waals surface area contributed by atoms with Crippen LogP contribution in [0.1, 0.15) is 29.1 Å². The van der Waals surface area contributed by atoms with Crippen molar-refractivity contribution in [1.29, 1.82) is 0 Å². The minimum Gasteiger partial charge on any atom is -0.342 e. The number of nitrogens with one attached hydrogen (secondary N) is 2. The van der Waals surface area contributed by atoms with E-state index >= 15 is 0 Å². The fourth-order valence-electron chi connectivity index (χ4n) is 2.68. The summed E-state index contributed by atoms with van der Waals surface area (Å²) in [6.45, 7) is 1.80. The molecule has 0 fully saturated rings. The molecule has 2 heterocycles. The predicted octanol–water partition coefficient (Wildman–Crippen LogP) is 2.17. The van der Waals surface area contributed by atoms with Gasteiger partial charge in [0.05, 0.1) is 28.3 Å². The molecule has 4 aromatic rings. The standard InChI is InChI=1S/C17H14FN7O/c1-10(16-21-13-4-2-3-5-14(13)22-16)20-17(26)12-8-11(18)6-7-15(12)25-9-19-23-24-25/h2-10H,1H3,(H,20,26)(H,21,22). The number of halogens is 1. The maximum absolute atomic E-state index is 13.7. The minimum atomic E-state index is -0.525. The van der Waals surface area contributed by atoms with Crippen molar-refractivity contribution < 1.29 is 9.18 Å². The summed E-state index contributed by atoms with van der Waals surface area (Å²) in [5.74, 6) is -0.369. The third-order valence-corrected chi connectivity index (χ3v) is 3.96. The van der Waals surface area contributed by atoms with Crippen LogP contribution in [0, 0.1) is 5.82 Å². The Bertz CT molecular complexity index is 1040. The molecule has 0 saturated carbocycles. The number of aromatic nitrogens is 6. The number of carbonyl (C=O) groups excluding carboxylic acids is 1. The Morgan fingerprint density at radius 1 is 1.27 bits per heavy atom. The molecule has 1 atom stereocenters. The van der Waals surface area contributed by atoms with Crippen LogP contribution in [0.15, 0.2) is 48.8 Å². The van der Waals surface area contributed by atoms with Crippen molar-refractivity contribution >= 4 is 16.9 Å². The molecule has 8 nitrogen and oxygen atoms in total. The second-order valence-electron chi connectivity index (χ2n) is 5.75. The van der Waals surface area contributed by atoms with E-state index in [-0.39, 0.29) is 5.56 Å². The number of nitrogens with zero attached hydrogens (tertiary/aromatic N) is 5. The quantitative estimate of drug-likeness (QED) is 0.587. The fraction of sp³-hybridized carbons (Fsp3) is 0.118. The van der Waals surface area contributed by atoms with E-state index in [1.165, 1.54) is 23.1 Å². The van der Waals surface area contributed by atoms with Crippen molar-refractivity contribution in [3.63, 3.8) is 0 Å². The number of rotatable bonds is 4. The number of H-pyrrole nitrogens is 1. The number of fused-ring (bicyclic) bond motifs is 1. The number of carbonyl (C=O) groups is 1. The average molecular weight is 351 g/mol. The maximum Gasteiger partial charge on any atom is 0.254 e. The lowest BCUT2D eigenvalue weighted by Crippen LogP contribution is -2.28. The molecule has 9 heteroatoms. The Hall–Kier alpha value is -3.62. The molecule has 0 aliphatic rings. The van der Waals surface area contributed by atoms with Gasteiger partial charge in [-0.05, 0) is 47.7 Å². The second-order valence-corrected chi connectivity index (χ2v) is 5.75. The first-order chi connectivity index (χ1) is 12.6. The monoisotopic (exact) mass is 351 g/mol. The highest BCUT2D eigenvalue weighted by Crippen LogP contribution is 2.19. The number of aromatic amines is 1. The van der Waals surface area contributed by atoms with E-state index in [0.717, 1.165) is 17.1 Å². The molecule has 0 aliphatic carbocycles. The maximum atomic E-state index is 13.7. The number of para-hydroxylation sites is 2. The summed E-state index contributed by atoms with van der Waals surface area (Å²) in [5, 5.41) is 13.7. The molecule has 1 amide bonds. The Kier molecular flexibility index (Phi) is 3.88. The van der Waals surface area contributed by atoms with Gasteiger partial charge in [-0.15, -0.1) is 5.10 Å². The van der Waals surface area contributed by atoms with Gasteiger partial charge in [-0.2, -0.15) is 4.68 Å². The van der Waals surface area contributed by atoms with E-state index < -0.39 is 17.8 Å². The van der Waals surface area contributed by atoms with Crippen LogP contribution in [0.5, 0.6) is 0 Å². The van der Waals surface area contributed by atoms with Crippen LogP contribution < -0.4 is 5.32 Å². The zero-order valence-corrected chi connectivity index (χ0v) is 13.7. The lowest BCUT2D eigenvalue weighted by molar-refractivity contribution is 0.0938. The molecule has 4 rings (SSSR count). The number of benzene rings is 2. The van der Waals surface area contributed by atoms with E-state index in [0.29, 0.717) is 11.5 Å². The summed E-state index contributed by atoms with van der Waals surface area (Å²) in [6, 6.07) is 11.0. The van der Waals surface area contributed by atoms with Gasteiger partial charge >= 0.3 is 0 Å². The predicted molar refractivity (Wildman–Crippen MR) is 91.1 cm³/mol. The van der Waals surface area contributed by atoms with Crippen molar-refractivity contribution in [2.24, 2.45) is 0 Å². The Morgan fingerprint density at radius 3 is 2.88 bits per heavy atom. The highest BCUT2D eigenvalue weighted by Gasteiger charge is 2.19. The van der Waals surface area contributed by atoms with Gasteiger partial charge in [0.15, 0.2) is 0 Å². The van der Waals surface area contributed by atoms with Crippen molar-refractivity contribution in [2.75, 3.05) is 0 Å². The zero-order valence-electron chi connectivity index (χ0n) is 13.7. The first-order valence-electron chi connectivity index (χ1n) is 7.90. The van der Waals surface area contributed by atoms with Crippen LogP contribution in [0.25, 0.3) is 16.7 Å². The van der Waals surface area contributed by atoms with Gasteiger partial charge in [0.2, 0.25) is 0 Å². The van der Waals surface area contributed by atoms with E-state index in [1.807, 2.05) is 24.3 Å². The van der Waals surface area contributed by atoms with Crippen LogP contribution in [0.2, 0.25) is 0 Å². The first-order valence-corrected chi connectivity index (χ1v) is 7.90. The molecule has 0 aliphatic heterocycles. The van der Waals surface area contributed by atoms with Crippen molar-refractivity contribution in [3.8, 4) is 5.69 Å². The Morgan fingerprint density at radius 2 is 2.12 bits per heavy atom. The molecule has 26 heavy (non-hydrogen) atoms. The van der Waals surface area contributed by atoms with Crippen molar-refractivity contribution in [2.45, 2.75) is 13.0 Å². The summed E-state index contributed by atoms with van der Waals surface area (Å²) in [6.07, 6.45) is 1.34. The smallest absolute Gasteiger partial charge is 0.254 e. The Labute approximate surface area is 147 Å². The van der Waals surface area contributed by atoms with Crippen LogP contribution in [0.4, 0.5) is 4.39 Å². The molecule has 2 aromatic heterocycles. The van der Waals surface area contributed by atoms with Crippen molar-refractivity contribution in [3.05, 3.63) is 66.0 Å². The number of imidazole rings is 1. The van der Waals surface area contributed by atoms with E-state index in [4.69, 9.17) is 0 Å². The average Bonchev–Trinajstić information content (AvgIpc) is 3.31. The number of amides is 1. The van der Waals surface area contributed by atoms with E-state index in [2.05, 4.69) is 30.8 Å². The molecule has 1 unspecified atom stereocenters. The summed E-state index contributed by atoms with van der Waals surface area (Å²) >= 11 is 0. The molecule has 0 saturated heterocycles. The van der Waals surface area contributed by atoms with Gasteiger partial charge in [-0.25, -0.2) is 9.37 Å². The fourth-order valence-corrected chi connectivity index (χ4v) is 2.68. The number of tetrazole rings is 1. The van der Waals surface area contributed by atoms with E-state index in [9.17, 15) is 9.18 Å². The molecule has 0 radical (unpaired) electrons. The van der Waals surface area contributed by atoms with Gasteiger partial charge in [-0.1, -0.05) is 12.1 Å². The highest BCUT2D eigenvalue weighted by molar-refractivity contribution is 5.98. The third-order valence-electron chi connectivity index (χ3n) is 3.96. The molecule has 2 N–H and O–H groups in total. The summed E-state index contributed by atoms with van der Waals surface area (Å²) < 4.78 is 15.0. The van der Waals surface area contributed by atoms with Crippen molar-refractivity contribution in [1.82, 2.24) is 35.5 Å². The van der Waals surface area contributed by atoms with Gasteiger partial charge in [0.25, 0.3) is 5.91 Å². The van der Waals surface area contributed by atoms with Crippen LogP contribution in [-0.2, 0) is 0 Å². The summed E-state index contributed by atoms with van der Waals surface area (Å²) in [4.78, 5) is 20.3. The van der Waals surface area contributed by atoms with Gasteiger partial charge in [-0.3, -0.25) is 4.79 Å². The molecular weight excluding hydrogens is 337 g/mol. The van der Waals surface area contributed by atoms with Crippen LogP contribution >= 0.6 is 0 Å². The summed E-state index contributed by atoms with van der Waals surface area (Å²) in [7, 11) is 0. The van der Waals surface area contributed by atoms with Gasteiger partial charge in [0, 0.05) is 0 Å². The highest BCUT2D eigenvalue weighted by atomic mass is 19.1. The molecule has 0 bridgehead atoms. The molecule has 2 aromatic carbocycles. The lowest BCUT2D eigenvalue weighted by Gasteiger charge is -2.13. The van der Waals surface area contributed by atoms with Crippen LogP contribution in [-0.4, -0.2) is 36.1 Å². The second kappa shape index (κ2) is 6.36. The zero-order chi connectivity index (χ0) is 18.1. The topological polar surface area (TPSA) is 101 Å². The Balaban J connectivity index is 1.63. The lowest BCUT2D eigenvalue weighted by atomic mass is 10.1. The molecule has 0 spiro atoms. The molecule has 130 valence electrons. The minimum absolute atomic E-state index is 0.125. The normalized spacial score (nSPS) is 12.2. The summed E-state index contributed by atoms with van der Waals surface area (Å²) in [5.41, 5.74) is 2.19. The van der Waals surface area contributed by atoms with Crippen LogP contribution in [0.3, 0.4) is 0 Å². The van der Waals surface area contributed by atoms with Gasteiger partial charge in [0.1, 0.15) is 18.0 Å².